The Hall–Kier alpha value is -0.800. The van der Waals surface area contributed by atoms with E-state index in [9.17, 15) is 4.79 Å². The van der Waals surface area contributed by atoms with Gasteiger partial charge < -0.3 is 0 Å². The molecular weight excluding hydrogens is 265 g/mol. The third kappa shape index (κ3) is 1.57. The molecular formula is C10H7BrClNO. The Balaban J connectivity index is 2.89. The summed E-state index contributed by atoms with van der Waals surface area (Å²) in [6.45, 7) is 0. The third-order valence-corrected chi connectivity index (χ3v) is 2.81. The molecule has 2 nitrogen and oxygen atoms in total. The quantitative estimate of drug-likeness (QED) is 0.732. The summed E-state index contributed by atoms with van der Waals surface area (Å²) in [6, 6.07) is 8.79. The number of nitrogens with zero attached hydrogens (tertiary/aromatic N) is 1. The van der Waals surface area contributed by atoms with Gasteiger partial charge in [0.05, 0.1) is 11.0 Å². The van der Waals surface area contributed by atoms with Gasteiger partial charge in [-0.1, -0.05) is 27.5 Å². The summed E-state index contributed by atoms with van der Waals surface area (Å²) in [5.41, 5.74) is 1.36. The Morgan fingerprint density at radius 1 is 1.29 bits per heavy atom. The van der Waals surface area contributed by atoms with E-state index in [4.69, 9.17) is 11.6 Å². The molecule has 2 aromatic rings. The highest BCUT2D eigenvalue weighted by Crippen LogP contribution is 2.18. The number of alkyl halides is 1. The van der Waals surface area contributed by atoms with Crippen LogP contribution >= 0.6 is 27.5 Å². The molecule has 2 rings (SSSR count). The van der Waals surface area contributed by atoms with Crippen LogP contribution in [0, 0.1) is 0 Å². The number of aromatic nitrogens is 1. The molecule has 0 unspecified atom stereocenters. The van der Waals surface area contributed by atoms with Crippen molar-refractivity contribution >= 4 is 38.4 Å². The summed E-state index contributed by atoms with van der Waals surface area (Å²) in [7, 11) is 0. The van der Waals surface area contributed by atoms with Crippen molar-refractivity contribution in [2.75, 3.05) is 0 Å². The fourth-order valence-electron chi connectivity index (χ4n) is 1.40. The number of pyridine rings is 1. The van der Waals surface area contributed by atoms with Gasteiger partial charge in [0.1, 0.15) is 0 Å². The van der Waals surface area contributed by atoms with E-state index in [1.54, 1.807) is 22.8 Å². The van der Waals surface area contributed by atoms with Crippen LogP contribution in [0.25, 0.3) is 10.9 Å². The minimum atomic E-state index is -0.0169. The van der Waals surface area contributed by atoms with Crippen LogP contribution in [-0.4, -0.2) is 4.57 Å². The van der Waals surface area contributed by atoms with Crippen LogP contribution < -0.4 is 5.56 Å². The van der Waals surface area contributed by atoms with E-state index in [-0.39, 0.29) is 5.56 Å². The van der Waals surface area contributed by atoms with Crippen LogP contribution in [0.15, 0.2) is 35.1 Å². The number of halogens is 2. The summed E-state index contributed by atoms with van der Waals surface area (Å²) in [4.78, 5) is 11.4. The van der Waals surface area contributed by atoms with Crippen molar-refractivity contribution in [3.8, 4) is 0 Å². The summed E-state index contributed by atoms with van der Waals surface area (Å²) < 4.78 is 1.64. The maximum atomic E-state index is 11.4. The number of fused-ring (bicyclic) bond motifs is 1. The van der Waals surface area contributed by atoms with Crippen molar-refractivity contribution < 1.29 is 0 Å². The highest BCUT2D eigenvalue weighted by molar-refractivity contribution is 9.08. The second-order valence-electron chi connectivity index (χ2n) is 2.92. The standard InChI is InChI=1S/C10H7BrClNO/c11-6-13-9-3-2-8(12)5-7(9)1-4-10(13)14/h1-5H,6H2. The van der Waals surface area contributed by atoms with E-state index < -0.39 is 0 Å². The molecule has 1 aromatic carbocycles. The first-order valence-corrected chi connectivity index (χ1v) is 5.57. The van der Waals surface area contributed by atoms with E-state index >= 15 is 0 Å². The number of hydrogen-bond acceptors (Lipinski definition) is 1. The molecule has 0 spiro atoms. The molecule has 0 aliphatic rings. The zero-order valence-electron chi connectivity index (χ0n) is 7.21. The van der Waals surface area contributed by atoms with Crippen LogP contribution in [0.1, 0.15) is 0 Å². The highest BCUT2D eigenvalue weighted by Gasteiger charge is 2.01. The lowest BCUT2D eigenvalue weighted by atomic mass is 10.2. The molecule has 0 aliphatic carbocycles. The number of benzene rings is 1. The highest BCUT2D eigenvalue weighted by atomic mass is 79.9. The van der Waals surface area contributed by atoms with Gasteiger partial charge in [0.25, 0.3) is 5.56 Å². The lowest BCUT2D eigenvalue weighted by molar-refractivity contribution is 0.894. The first-order valence-electron chi connectivity index (χ1n) is 4.07. The molecule has 1 aromatic heterocycles. The van der Waals surface area contributed by atoms with E-state index in [1.807, 2.05) is 12.1 Å². The van der Waals surface area contributed by atoms with Crippen molar-refractivity contribution in [2.24, 2.45) is 0 Å². The molecule has 14 heavy (non-hydrogen) atoms. The molecule has 0 saturated carbocycles. The van der Waals surface area contributed by atoms with Crippen LogP contribution in [0.3, 0.4) is 0 Å². The number of rotatable bonds is 1. The maximum absolute atomic E-state index is 11.4. The molecule has 4 heteroatoms. The zero-order chi connectivity index (χ0) is 10.1. The molecule has 0 atom stereocenters. The van der Waals surface area contributed by atoms with Gasteiger partial charge in [-0.3, -0.25) is 9.36 Å². The van der Waals surface area contributed by atoms with Gasteiger partial charge in [-0.05, 0) is 29.7 Å². The second-order valence-corrected chi connectivity index (χ2v) is 3.86. The first-order chi connectivity index (χ1) is 6.72. The van der Waals surface area contributed by atoms with Crippen LogP contribution in [0.5, 0.6) is 0 Å². The fourth-order valence-corrected chi connectivity index (χ4v) is 2.10. The topological polar surface area (TPSA) is 22.0 Å². The first kappa shape index (κ1) is 9.74. The Morgan fingerprint density at radius 3 is 2.79 bits per heavy atom. The lowest BCUT2D eigenvalue weighted by Gasteiger charge is -2.06. The average Bonchev–Trinajstić information content (AvgIpc) is 2.18. The Kier molecular flexibility index (Phi) is 2.61. The lowest BCUT2D eigenvalue weighted by Crippen LogP contribution is -2.16. The molecule has 0 amide bonds. The second kappa shape index (κ2) is 3.75. The maximum Gasteiger partial charge on any atom is 0.251 e. The van der Waals surface area contributed by atoms with Crippen LogP contribution in [-0.2, 0) is 5.45 Å². The minimum Gasteiger partial charge on any atom is -0.298 e. The van der Waals surface area contributed by atoms with Gasteiger partial charge in [0.2, 0.25) is 0 Å². The van der Waals surface area contributed by atoms with Gasteiger partial charge in [0, 0.05) is 11.1 Å². The molecule has 72 valence electrons. The van der Waals surface area contributed by atoms with Crippen molar-refractivity contribution in [3.63, 3.8) is 0 Å². The van der Waals surface area contributed by atoms with Gasteiger partial charge in [-0.2, -0.15) is 0 Å². The molecule has 0 saturated heterocycles. The van der Waals surface area contributed by atoms with E-state index in [1.165, 1.54) is 0 Å². The normalized spacial score (nSPS) is 10.7. The fraction of sp³-hybridized carbons (Fsp3) is 0.100. The predicted molar refractivity (Wildman–Crippen MR) is 62.1 cm³/mol. The molecule has 0 bridgehead atoms. The van der Waals surface area contributed by atoms with Crippen molar-refractivity contribution in [2.45, 2.75) is 5.45 Å². The number of hydrogen-bond donors (Lipinski definition) is 0. The van der Waals surface area contributed by atoms with Gasteiger partial charge >= 0.3 is 0 Å². The molecule has 0 fully saturated rings. The summed E-state index contributed by atoms with van der Waals surface area (Å²) in [5.74, 6) is 0. The monoisotopic (exact) mass is 271 g/mol. The van der Waals surface area contributed by atoms with E-state index in [2.05, 4.69) is 15.9 Å². The average molecular weight is 273 g/mol. The van der Waals surface area contributed by atoms with Crippen molar-refractivity contribution in [3.05, 3.63) is 45.7 Å². The van der Waals surface area contributed by atoms with Gasteiger partial charge in [0.15, 0.2) is 0 Å². The zero-order valence-corrected chi connectivity index (χ0v) is 9.55. The summed E-state index contributed by atoms with van der Waals surface area (Å²) >= 11 is 9.13. The summed E-state index contributed by atoms with van der Waals surface area (Å²) in [6.07, 6.45) is 0. The third-order valence-electron chi connectivity index (χ3n) is 2.07. The van der Waals surface area contributed by atoms with Crippen LogP contribution in [0.4, 0.5) is 0 Å². The van der Waals surface area contributed by atoms with E-state index in [0.29, 0.717) is 10.5 Å². The molecule has 0 aliphatic heterocycles. The Labute approximate surface area is 94.2 Å². The SMILES string of the molecule is O=c1ccc2cc(Cl)ccc2n1CBr. The smallest absolute Gasteiger partial charge is 0.251 e. The van der Waals surface area contributed by atoms with E-state index in [0.717, 1.165) is 10.9 Å². The molecule has 0 N–H and O–H groups in total. The van der Waals surface area contributed by atoms with Crippen molar-refractivity contribution in [1.82, 2.24) is 4.57 Å². The molecule has 1 heterocycles. The van der Waals surface area contributed by atoms with Gasteiger partial charge in [-0.25, -0.2) is 0 Å². The predicted octanol–water partition coefficient (Wildman–Crippen LogP) is 3.01. The van der Waals surface area contributed by atoms with Crippen molar-refractivity contribution in [1.29, 1.82) is 0 Å². The Morgan fingerprint density at radius 2 is 2.07 bits per heavy atom. The molecule has 0 radical (unpaired) electrons. The summed E-state index contributed by atoms with van der Waals surface area (Å²) in [5, 5.41) is 1.65. The Bertz CT molecular complexity index is 535. The minimum absolute atomic E-state index is 0.0169. The van der Waals surface area contributed by atoms with Crippen LogP contribution in [0.2, 0.25) is 5.02 Å². The van der Waals surface area contributed by atoms with Gasteiger partial charge in [-0.15, -0.1) is 0 Å². The largest absolute Gasteiger partial charge is 0.298 e.